The van der Waals surface area contributed by atoms with Gasteiger partial charge in [-0.15, -0.1) is 11.3 Å². The number of aromatic nitrogens is 3. The van der Waals surface area contributed by atoms with Crippen molar-refractivity contribution in [2.75, 3.05) is 7.11 Å². The number of nitrogens with zero attached hydrogens (tertiary/aromatic N) is 3. The van der Waals surface area contributed by atoms with Crippen molar-refractivity contribution in [2.45, 2.75) is 39.5 Å². The Balaban J connectivity index is 1.83. The first kappa shape index (κ1) is 15.7. The van der Waals surface area contributed by atoms with E-state index in [0.717, 1.165) is 15.6 Å². The Hall–Kier alpha value is -1.73. The fraction of sp³-hybridized carbons (Fsp3) is 0.500. The monoisotopic (exact) mass is 308 g/mol. The van der Waals surface area contributed by atoms with E-state index in [9.17, 15) is 4.79 Å². The summed E-state index contributed by atoms with van der Waals surface area (Å²) >= 11 is 1.57. The average Bonchev–Trinajstić information content (AvgIpc) is 3.07. The van der Waals surface area contributed by atoms with Crippen molar-refractivity contribution in [1.29, 1.82) is 0 Å². The number of amides is 1. The molecule has 0 aliphatic carbocycles. The number of methoxy groups -OCH3 is 1. The molecule has 2 aromatic rings. The zero-order chi connectivity index (χ0) is 15.2. The minimum Gasteiger partial charge on any atom is -0.378 e. The minimum absolute atomic E-state index is 0.0130. The Morgan fingerprint density at radius 3 is 3.05 bits per heavy atom. The second-order valence-corrected chi connectivity index (χ2v) is 6.03. The standard InChI is InChI=1S/C14H20N4O2S/c1-10(18-6-4-5-16-18)7-13(19)15-8-12-11(2)17-14(21-12)9-20-3/h4-6,10H,7-9H2,1-3H3,(H,15,19)/t10-/m1/s1. The maximum atomic E-state index is 12.0. The van der Waals surface area contributed by atoms with Gasteiger partial charge in [0.2, 0.25) is 5.91 Å². The van der Waals surface area contributed by atoms with Crippen LogP contribution in [0, 0.1) is 6.92 Å². The molecule has 2 aromatic heterocycles. The number of hydrogen-bond donors (Lipinski definition) is 1. The molecule has 1 atom stereocenters. The number of ether oxygens (including phenoxy) is 1. The molecule has 114 valence electrons. The molecule has 0 saturated carbocycles. The van der Waals surface area contributed by atoms with E-state index in [1.54, 1.807) is 29.3 Å². The molecular formula is C14H20N4O2S. The van der Waals surface area contributed by atoms with Gasteiger partial charge in [-0.2, -0.15) is 5.10 Å². The third kappa shape index (κ3) is 4.37. The Morgan fingerprint density at radius 2 is 2.38 bits per heavy atom. The molecule has 1 N–H and O–H groups in total. The summed E-state index contributed by atoms with van der Waals surface area (Å²) in [7, 11) is 1.65. The average molecular weight is 308 g/mol. The van der Waals surface area contributed by atoms with Crippen molar-refractivity contribution in [2.24, 2.45) is 0 Å². The van der Waals surface area contributed by atoms with Crippen LogP contribution in [0.3, 0.4) is 0 Å². The summed E-state index contributed by atoms with van der Waals surface area (Å²) in [5, 5.41) is 8.01. The molecule has 7 heteroatoms. The Labute approximate surface area is 128 Å². The molecule has 6 nitrogen and oxygen atoms in total. The summed E-state index contributed by atoms with van der Waals surface area (Å²) in [6.45, 7) is 4.94. The topological polar surface area (TPSA) is 69.0 Å². The van der Waals surface area contributed by atoms with Gasteiger partial charge < -0.3 is 10.1 Å². The fourth-order valence-electron chi connectivity index (χ4n) is 1.99. The van der Waals surface area contributed by atoms with Gasteiger partial charge in [-0.05, 0) is 19.9 Å². The lowest BCUT2D eigenvalue weighted by Gasteiger charge is -2.11. The first-order valence-electron chi connectivity index (χ1n) is 6.80. The number of carbonyl (C=O) groups is 1. The lowest BCUT2D eigenvalue weighted by Crippen LogP contribution is -2.25. The first-order valence-corrected chi connectivity index (χ1v) is 7.61. The lowest BCUT2D eigenvalue weighted by molar-refractivity contribution is -0.121. The molecule has 0 unspecified atom stereocenters. The second-order valence-electron chi connectivity index (χ2n) is 4.87. The summed E-state index contributed by atoms with van der Waals surface area (Å²) in [6, 6.07) is 1.90. The molecule has 2 rings (SSSR count). The van der Waals surface area contributed by atoms with Gasteiger partial charge in [0.15, 0.2) is 0 Å². The summed E-state index contributed by atoms with van der Waals surface area (Å²) in [5.74, 6) is 0.0130. The molecular weight excluding hydrogens is 288 g/mol. The Morgan fingerprint density at radius 1 is 1.57 bits per heavy atom. The van der Waals surface area contributed by atoms with E-state index in [4.69, 9.17) is 4.74 Å². The first-order chi connectivity index (χ1) is 10.1. The van der Waals surface area contributed by atoms with Crippen molar-refractivity contribution < 1.29 is 9.53 Å². The maximum Gasteiger partial charge on any atom is 0.222 e. The molecule has 0 bridgehead atoms. The van der Waals surface area contributed by atoms with Crippen molar-refractivity contribution in [3.8, 4) is 0 Å². The molecule has 21 heavy (non-hydrogen) atoms. The van der Waals surface area contributed by atoms with Crippen LogP contribution >= 0.6 is 11.3 Å². The normalized spacial score (nSPS) is 12.3. The van der Waals surface area contributed by atoms with Gasteiger partial charge in [0.1, 0.15) is 5.01 Å². The second kappa shape index (κ2) is 7.33. The third-order valence-electron chi connectivity index (χ3n) is 3.11. The molecule has 0 aliphatic heterocycles. The van der Waals surface area contributed by atoms with E-state index in [0.29, 0.717) is 19.6 Å². The number of thiazole rings is 1. The summed E-state index contributed by atoms with van der Waals surface area (Å²) < 4.78 is 6.85. The van der Waals surface area contributed by atoms with Crippen LogP contribution in [-0.2, 0) is 22.7 Å². The van der Waals surface area contributed by atoms with E-state index in [1.165, 1.54) is 0 Å². The Kier molecular flexibility index (Phi) is 5.46. The number of rotatable bonds is 7. The van der Waals surface area contributed by atoms with E-state index in [1.807, 2.05) is 26.1 Å². The van der Waals surface area contributed by atoms with Crippen LogP contribution in [0.1, 0.15) is 35.0 Å². The number of carbonyl (C=O) groups excluding carboxylic acids is 1. The SMILES string of the molecule is COCc1nc(C)c(CNC(=O)C[C@@H](C)n2cccn2)s1. The maximum absolute atomic E-state index is 12.0. The molecule has 0 spiro atoms. The summed E-state index contributed by atoms with van der Waals surface area (Å²) in [5.41, 5.74) is 0.951. The van der Waals surface area contributed by atoms with Gasteiger partial charge in [0.25, 0.3) is 0 Å². The van der Waals surface area contributed by atoms with Crippen LogP contribution in [0.4, 0.5) is 0 Å². The van der Waals surface area contributed by atoms with Crippen LogP contribution < -0.4 is 5.32 Å². The van der Waals surface area contributed by atoms with Crippen molar-refractivity contribution in [1.82, 2.24) is 20.1 Å². The third-order valence-corrected chi connectivity index (χ3v) is 4.24. The summed E-state index contributed by atoms with van der Waals surface area (Å²) in [6.07, 6.45) is 3.99. The fourth-order valence-corrected chi connectivity index (χ4v) is 2.97. The molecule has 0 aromatic carbocycles. The summed E-state index contributed by atoms with van der Waals surface area (Å²) in [4.78, 5) is 17.5. The highest BCUT2D eigenvalue weighted by Gasteiger charge is 2.12. The number of aryl methyl sites for hydroxylation is 1. The quantitative estimate of drug-likeness (QED) is 0.850. The van der Waals surface area contributed by atoms with Gasteiger partial charge in [-0.3, -0.25) is 9.48 Å². The molecule has 0 saturated heterocycles. The molecule has 1 amide bonds. The highest BCUT2D eigenvalue weighted by Crippen LogP contribution is 2.18. The van der Waals surface area contributed by atoms with Gasteiger partial charge >= 0.3 is 0 Å². The smallest absolute Gasteiger partial charge is 0.222 e. The van der Waals surface area contributed by atoms with Crippen LogP contribution in [0.15, 0.2) is 18.5 Å². The molecule has 0 aliphatic rings. The van der Waals surface area contributed by atoms with Crippen LogP contribution in [0.25, 0.3) is 0 Å². The predicted molar refractivity (Wildman–Crippen MR) is 81.0 cm³/mol. The number of hydrogen-bond acceptors (Lipinski definition) is 5. The molecule has 0 fully saturated rings. The van der Waals surface area contributed by atoms with E-state index in [-0.39, 0.29) is 11.9 Å². The molecule has 0 radical (unpaired) electrons. The van der Waals surface area contributed by atoms with Gasteiger partial charge in [-0.1, -0.05) is 0 Å². The minimum atomic E-state index is 0.0130. The highest BCUT2D eigenvalue weighted by molar-refractivity contribution is 7.11. The largest absolute Gasteiger partial charge is 0.378 e. The lowest BCUT2D eigenvalue weighted by atomic mass is 10.2. The number of nitrogens with one attached hydrogen (secondary N) is 1. The van der Waals surface area contributed by atoms with Crippen LogP contribution in [0.2, 0.25) is 0 Å². The van der Waals surface area contributed by atoms with Crippen LogP contribution in [0.5, 0.6) is 0 Å². The van der Waals surface area contributed by atoms with Gasteiger partial charge in [-0.25, -0.2) is 4.98 Å². The van der Waals surface area contributed by atoms with Gasteiger partial charge in [0.05, 0.1) is 24.9 Å². The predicted octanol–water partition coefficient (Wildman–Crippen LogP) is 2.06. The van der Waals surface area contributed by atoms with Gasteiger partial charge in [0, 0.05) is 30.8 Å². The van der Waals surface area contributed by atoms with Crippen molar-refractivity contribution >= 4 is 17.2 Å². The van der Waals surface area contributed by atoms with E-state index >= 15 is 0 Å². The van der Waals surface area contributed by atoms with E-state index < -0.39 is 0 Å². The Bertz CT molecular complexity index is 580. The van der Waals surface area contributed by atoms with Crippen LogP contribution in [-0.4, -0.2) is 27.8 Å². The van der Waals surface area contributed by atoms with E-state index in [2.05, 4.69) is 15.4 Å². The molecule has 2 heterocycles. The van der Waals surface area contributed by atoms with Crippen molar-refractivity contribution in [3.05, 3.63) is 34.0 Å². The zero-order valence-electron chi connectivity index (χ0n) is 12.5. The van der Waals surface area contributed by atoms with Crippen molar-refractivity contribution in [3.63, 3.8) is 0 Å². The zero-order valence-corrected chi connectivity index (χ0v) is 13.3. The highest BCUT2D eigenvalue weighted by atomic mass is 32.1.